The Morgan fingerprint density at radius 3 is 2.67 bits per heavy atom. The largest absolute Gasteiger partial charge is 0.328 e. The number of benzene rings is 1. The van der Waals surface area contributed by atoms with Gasteiger partial charge in [-0.3, -0.25) is 0 Å². The van der Waals surface area contributed by atoms with Crippen molar-refractivity contribution in [2.75, 3.05) is 0 Å². The molecule has 0 saturated carbocycles. The number of halogens is 2. The van der Waals surface area contributed by atoms with Gasteiger partial charge in [0.1, 0.15) is 5.82 Å². The molecule has 0 amide bonds. The van der Waals surface area contributed by atoms with Gasteiger partial charge in [-0.2, -0.15) is 0 Å². The SMILES string of the molecule is CC(N)Cc1cc(F)cc(I)c1. The second-order valence-corrected chi connectivity index (χ2v) is 4.20. The molecule has 1 unspecified atom stereocenters. The minimum atomic E-state index is -0.183. The topological polar surface area (TPSA) is 26.0 Å². The van der Waals surface area contributed by atoms with Gasteiger partial charge in [0.2, 0.25) is 0 Å². The fourth-order valence-corrected chi connectivity index (χ4v) is 1.80. The highest BCUT2D eigenvalue weighted by Crippen LogP contribution is 2.12. The molecule has 1 aromatic carbocycles. The van der Waals surface area contributed by atoms with Crippen LogP contribution in [-0.4, -0.2) is 6.04 Å². The molecule has 2 N–H and O–H groups in total. The summed E-state index contributed by atoms with van der Waals surface area (Å²) in [7, 11) is 0. The molecule has 0 spiro atoms. The molecule has 0 aliphatic rings. The lowest BCUT2D eigenvalue weighted by atomic mass is 10.1. The van der Waals surface area contributed by atoms with E-state index >= 15 is 0 Å². The molecule has 0 bridgehead atoms. The highest BCUT2D eigenvalue weighted by molar-refractivity contribution is 14.1. The Hall–Kier alpha value is -0.160. The summed E-state index contributed by atoms with van der Waals surface area (Å²) in [6.07, 6.45) is 0.730. The Labute approximate surface area is 85.3 Å². The molecule has 0 aliphatic heterocycles. The second kappa shape index (κ2) is 4.18. The molecule has 0 aromatic heterocycles. The van der Waals surface area contributed by atoms with Crippen molar-refractivity contribution < 1.29 is 4.39 Å². The monoisotopic (exact) mass is 279 g/mol. The second-order valence-electron chi connectivity index (χ2n) is 2.96. The van der Waals surface area contributed by atoms with Crippen molar-refractivity contribution in [3.8, 4) is 0 Å². The van der Waals surface area contributed by atoms with Crippen molar-refractivity contribution in [1.82, 2.24) is 0 Å². The third-order valence-electron chi connectivity index (χ3n) is 1.48. The van der Waals surface area contributed by atoms with Crippen LogP contribution in [0.15, 0.2) is 18.2 Å². The third-order valence-corrected chi connectivity index (χ3v) is 2.10. The van der Waals surface area contributed by atoms with Crippen LogP contribution in [0.3, 0.4) is 0 Å². The van der Waals surface area contributed by atoms with E-state index in [1.807, 2.05) is 13.0 Å². The van der Waals surface area contributed by atoms with Gasteiger partial charge in [0, 0.05) is 9.61 Å². The van der Waals surface area contributed by atoms with E-state index in [1.54, 1.807) is 0 Å². The molecule has 1 atom stereocenters. The maximum Gasteiger partial charge on any atom is 0.124 e. The van der Waals surface area contributed by atoms with Crippen molar-refractivity contribution in [2.45, 2.75) is 19.4 Å². The lowest BCUT2D eigenvalue weighted by Crippen LogP contribution is -2.17. The molecular formula is C9H11FIN. The first-order chi connectivity index (χ1) is 5.58. The van der Waals surface area contributed by atoms with Crippen LogP contribution in [0.1, 0.15) is 12.5 Å². The Morgan fingerprint density at radius 2 is 2.17 bits per heavy atom. The van der Waals surface area contributed by atoms with Gasteiger partial charge in [0.15, 0.2) is 0 Å². The summed E-state index contributed by atoms with van der Waals surface area (Å²) in [5.41, 5.74) is 6.57. The summed E-state index contributed by atoms with van der Waals surface area (Å²) in [5.74, 6) is -0.183. The van der Waals surface area contributed by atoms with E-state index in [2.05, 4.69) is 22.6 Å². The van der Waals surface area contributed by atoms with E-state index in [-0.39, 0.29) is 11.9 Å². The lowest BCUT2D eigenvalue weighted by molar-refractivity contribution is 0.621. The first kappa shape index (κ1) is 9.92. The standard InChI is InChI=1S/C9H11FIN/c1-6(12)2-7-3-8(10)5-9(11)4-7/h3-6H,2,12H2,1H3. The Morgan fingerprint density at radius 1 is 1.50 bits per heavy atom. The van der Waals surface area contributed by atoms with Gasteiger partial charge in [-0.25, -0.2) is 4.39 Å². The fraction of sp³-hybridized carbons (Fsp3) is 0.333. The van der Waals surface area contributed by atoms with Crippen LogP contribution in [0.2, 0.25) is 0 Å². The number of nitrogens with two attached hydrogens (primary N) is 1. The number of rotatable bonds is 2. The van der Waals surface area contributed by atoms with Crippen LogP contribution < -0.4 is 5.73 Å². The molecule has 3 heteroatoms. The zero-order valence-electron chi connectivity index (χ0n) is 6.85. The maximum atomic E-state index is 12.8. The van der Waals surface area contributed by atoms with Crippen molar-refractivity contribution in [3.63, 3.8) is 0 Å². The van der Waals surface area contributed by atoms with E-state index in [4.69, 9.17) is 5.73 Å². The van der Waals surface area contributed by atoms with Gasteiger partial charge in [-0.1, -0.05) is 0 Å². The average Bonchev–Trinajstić information content (AvgIpc) is 1.81. The Bertz CT molecular complexity index is 253. The molecule has 12 heavy (non-hydrogen) atoms. The van der Waals surface area contributed by atoms with Gasteiger partial charge in [0.05, 0.1) is 0 Å². The quantitative estimate of drug-likeness (QED) is 0.826. The van der Waals surface area contributed by atoms with Crippen LogP contribution in [0.25, 0.3) is 0 Å². The van der Waals surface area contributed by atoms with E-state index < -0.39 is 0 Å². The van der Waals surface area contributed by atoms with Crippen LogP contribution in [0.4, 0.5) is 4.39 Å². The molecule has 0 saturated heterocycles. The van der Waals surface area contributed by atoms with Crippen molar-refractivity contribution in [1.29, 1.82) is 0 Å². The summed E-state index contributed by atoms with van der Waals surface area (Å²) in [6, 6.07) is 5.08. The predicted molar refractivity (Wildman–Crippen MR) is 56.5 cm³/mol. The van der Waals surface area contributed by atoms with Crippen molar-refractivity contribution >= 4 is 22.6 Å². The van der Waals surface area contributed by atoms with E-state index in [0.29, 0.717) is 0 Å². The molecule has 1 nitrogen and oxygen atoms in total. The summed E-state index contributed by atoms with van der Waals surface area (Å²) in [6.45, 7) is 1.91. The summed E-state index contributed by atoms with van der Waals surface area (Å²) in [4.78, 5) is 0. The fourth-order valence-electron chi connectivity index (χ4n) is 1.10. The highest BCUT2D eigenvalue weighted by Gasteiger charge is 2.01. The van der Waals surface area contributed by atoms with E-state index in [9.17, 15) is 4.39 Å². The molecule has 1 aromatic rings. The zero-order valence-corrected chi connectivity index (χ0v) is 9.01. The van der Waals surface area contributed by atoms with Gasteiger partial charge in [-0.05, 0) is 59.7 Å². The summed E-state index contributed by atoms with van der Waals surface area (Å²) >= 11 is 2.10. The minimum absolute atomic E-state index is 0.0857. The van der Waals surface area contributed by atoms with Gasteiger partial charge < -0.3 is 5.73 Å². The van der Waals surface area contributed by atoms with Crippen LogP contribution >= 0.6 is 22.6 Å². The first-order valence-electron chi connectivity index (χ1n) is 3.78. The van der Waals surface area contributed by atoms with E-state index in [1.165, 1.54) is 12.1 Å². The van der Waals surface area contributed by atoms with Crippen LogP contribution in [0.5, 0.6) is 0 Å². The molecule has 0 fully saturated rings. The lowest BCUT2D eigenvalue weighted by Gasteiger charge is -2.05. The van der Waals surface area contributed by atoms with Crippen LogP contribution in [-0.2, 0) is 6.42 Å². The summed E-state index contributed by atoms with van der Waals surface area (Å²) < 4.78 is 13.8. The summed E-state index contributed by atoms with van der Waals surface area (Å²) in [5, 5.41) is 0. The van der Waals surface area contributed by atoms with E-state index in [0.717, 1.165) is 15.6 Å². The molecule has 0 radical (unpaired) electrons. The maximum absolute atomic E-state index is 12.8. The number of hydrogen-bond acceptors (Lipinski definition) is 1. The molecule has 66 valence electrons. The highest BCUT2D eigenvalue weighted by atomic mass is 127. The van der Waals surface area contributed by atoms with Crippen molar-refractivity contribution in [2.24, 2.45) is 5.73 Å². The van der Waals surface area contributed by atoms with Gasteiger partial charge >= 0.3 is 0 Å². The Balaban J connectivity index is 2.85. The average molecular weight is 279 g/mol. The smallest absolute Gasteiger partial charge is 0.124 e. The zero-order chi connectivity index (χ0) is 9.14. The molecular weight excluding hydrogens is 268 g/mol. The Kier molecular flexibility index (Phi) is 3.46. The first-order valence-corrected chi connectivity index (χ1v) is 4.86. The molecule has 0 aliphatic carbocycles. The third kappa shape index (κ3) is 3.06. The normalized spacial score (nSPS) is 13.0. The van der Waals surface area contributed by atoms with Crippen LogP contribution in [0, 0.1) is 9.39 Å². The van der Waals surface area contributed by atoms with Gasteiger partial charge in [-0.15, -0.1) is 0 Å². The molecule has 1 rings (SSSR count). The molecule has 0 heterocycles. The van der Waals surface area contributed by atoms with Crippen molar-refractivity contribution in [3.05, 3.63) is 33.1 Å². The predicted octanol–water partition coefficient (Wildman–Crippen LogP) is 2.32. The van der Waals surface area contributed by atoms with Gasteiger partial charge in [0.25, 0.3) is 0 Å². The minimum Gasteiger partial charge on any atom is -0.328 e. The number of hydrogen-bond donors (Lipinski definition) is 1.